The minimum atomic E-state index is -0.276. The molecule has 2 saturated heterocycles. The first kappa shape index (κ1) is 16.8. The Morgan fingerprint density at radius 3 is 2.13 bits per heavy atom. The van der Waals surface area contributed by atoms with Gasteiger partial charge < -0.3 is 9.31 Å². The van der Waals surface area contributed by atoms with Gasteiger partial charge in [-0.1, -0.05) is 36.3 Å². The number of benzene rings is 1. The Kier molecular flexibility index (Phi) is 4.68. The first-order chi connectivity index (χ1) is 10.9. The lowest BCUT2D eigenvalue weighted by atomic mass is 9.89. The maximum atomic E-state index is 5.98. The molecule has 0 N–H and O–H groups in total. The quantitative estimate of drug-likeness (QED) is 0.786. The predicted molar refractivity (Wildman–Crippen MR) is 96.1 cm³/mol. The van der Waals surface area contributed by atoms with Gasteiger partial charge in [-0.25, -0.2) is 0 Å². The first-order valence-electron chi connectivity index (χ1n) is 8.71. The second kappa shape index (κ2) is 6.42. The van der Waals surface area contributed by atoms with Gasteiger partial charge in [-0.15, -0.1) is 0 Å². The predicted octanol–water partition coefficient (Wildman–Crippen LogP) is 3.93. The average molecular weight is 313 g/mol. The van der Waals surface area contributed by atoms with Gasteiger partial charge in [0, 0.05) is 6.54 Å². The van der Waals surface area contributed by atoms with Crippen LogP contribution in [0.5, 0.6) is 0 Å². The van der Waals surface area contributed by atoms with E-state index in [1.54, 1.807) is 0 Å². The van der Waals surface area contributed by atoms with Crippen LogP contribution in [0.25, 0.3) is 6.08 Å². The van der Waals surface area contributed by atoms with Crippen molar-refractivity contribution in [2.75, 3.05) is 13.1 Å². The zero-order chi connectivity index (χ0) is 16.5. The van der Waals surface area contributed by atoms with E-state index in [-0.39, 0.29) is 18.3 Å². The molecule has 23 heavy (non-hydrogen) atoms. The minimum absolute atomic E-state index is 0.274. The van der Waals surface area contributed by atoms with Crippen molar-refractivity contribution in [1.82, 2.24) is 4.90 Å². The summed E-state index contributed by atoms with van der Waals surface area (Å²) >= 11 is 0. The number of hydrogen-bond acceptors (Lipinski definition) is 3. The van der Waals surface area contributed by atoms with Crippen molar-refractivity contribution < 1.29 is 9.31 Å². The molecule has 0 saturated carbocycles. The van der Waals surface area contributed by atoms with Gasteiger partial charge in [0.2, 0.25) is 0 Å². The Morgan fingerprint density at radius 1 is 1.00 bits per heavy atom. The van der Waals surface area contributed by atoms with Crippen molar-refractivity contribution >= 4 is 13.2 Å². The van der Waals surface area contributed by atoms with Crippen LogP contribution in [0, 0.1) is 0 Å². The Labute approximate surface area is 140 Å². The van der Waals surface area contributed by atoms with E-state index in [0.717, 1.165) is 6.54 Å². The summed E-state index contributed by atoms with van der Waals surface area (Å²) in [5.41, 5.74) is 2.02. The third-order valence-electron chi connectivity index (χ3n) is 5.30. The average Bonchev–Trinajstić information content (AvgIpc) is 3.05. The minimum Gasteiger partial charge on any atom is -0.400 e. The molecule has 0 atom stereocenters. The van der Waals surface area contributed by atoms with E-state index in [1.807, 2.05) is 5.98 Å². The Hall–Kier alpha value is -1.10. The summed E-state index contributed by atoms with van der Waals surface area (Å²) in [5, 5.41) is 0. The molecule has 4 heteroatoms. The summed E-state index contributed by atoms with van der Waals surface area (Å²) in [7, 11) is -0.274. The summed E-state index contributed by atoms with van der Waals surface area (Å²) in [6.07, 6.45) is 4.77. The Balaban J connectivity index is 1.58. The standard InChI is InChI=1S/C19H28BNO2/c1-18(2)19(3,4)23-20(22-18)12-11-16-7-9-17(10-8-16)15-21-13-5-6-14-21/h7-12H,5-6,13-15H2,1-4H3/b12-11+. The topological polar surface area (TPSA) is 21.7 Å². The molecule has 124 valence electrons. The van der Waals surface area contributed by atoms with Crippen LogP contribution in [0.2, 0.25) is 0 Å². The van der Waals surface area contributed by atoms with Gasteiger partial charge >= 0.3 is 7.12 Å². The zero-order valence-electron chi connectivity index (χ0n) is 14.8. The lowest BCUT2D eigenvalue weighted by Crippen LogP contribution is -2.41. The number of hydrogen-bond donors (Lipinski definition) is 0. The third kappa shape index (κ3) is 3.88. The van der Waals surface area contributed by atoms with E-state index in [2.05, 4.69) is 62.9 Å². The van der Waals surface area contributed by atoms with Gasteiger partial charge in [0.15, 0.2) is 0 Å². The van der Waals surface area contributed by atoms with Crippen LogP contribution in [0.4, 0.5) is 0 Å². The number of rotatable bonds is 4. The molecule has 2 aliphatic rings. The highest BCUT2D eigenvalue weighted by Crippen LogP contribution is 2.37. The summed E-state index contributed by atoms with van der Waals surface area (Å²) in [6.45, 7) is 11.9. The van der Waals surface area contributed by atoms with Gasteiger partial charge in [0.25, 0.3) is 0 Å². The second-order valence-electron chi connectivity index (χ2n) is 7.71. The van der Waals surface area contributed by atoms with Crippen molar-refractivity contribution in [3.05, 3.63) is 41.4 Å². The highest BCUT2D eigenvalue weighted by Gasteiger charge is 2.49. The molecule has 1 aromatic carbocycles. The van der Waals surface area contributed by atoms with Crippen molar-refractivity contribution in [2.24, 2.45) is 0 Å². The molecule has 3 nitrogen and oxygen atoms in total. The fourth-order valence-electron chi connectivity index (χ4n) is 3.09. The van der Waals surface area contributed by atoms with Gasteiger partial charge in [0.1, 0.15) is 0 Å². The molecule has 2 heterocycles. The molecule has 2 fully saturated rings. The summed E-state index contributed by atoms with van der Waals surface area (Å²) in [6, 6.07) is 8.80. The molecule has 0 radical (unpaired) electrons. The maximum Gasteiger partial charge on any atom is 0.487 e. The smallest absolute Gasteiger partial charge is 0.400 e. The lowest BCUT2D eigenvalue weighted by molar-refractivity contribution is 0.00578. The zero-order valence-corrected chi connectivity index (χ0v) is 14.8. The summed E-state index contributed by atoms with van der Waals surface area (Å²) in [4.78, 5) is 2.52. The van der Waals surface area contributed by atoms with E-state index < -0.39 is 0 Å². The van der Waals surface area contributed by atoms with Crippen LogP contribution >= 0.6 is 0 Å². The summed E-state index contributed by atoms with van der Waals surface area (Å²) < 4.78 is 12.0. The van der Waals surface area contributed by atoms with Crippen LogP contribution in [0.15, 0.2) is 30.2 Å². The van der Waals surface area contributed by atoms with Crippen molar-refractivity contribution in [2.45, 2.75) is 58.3 Å². The van der Waals surface area contributed by atoms with Crippen molar-refractivity contribution in [3.63, 3.8) is 0 Å². The van der Waals surface area contributed by atoms with Gasteiger partial charge in [-0.3, -0.25) is 4.90 Å². The molecule has 0 aromatic heterocycles. The molecule has 0 unspecified atom stereocenters. The van der Waals surface area contributed by atoms with Crippen LogP contribution in [0.3, 0.4) is 0 Å². The molecule has 0 bridgehead atoms. The molecule has 2 aliphatic heterocycles. The maximum absolute atomic E-state index is 5.98. The van der Waals surface area contributed by atoms with Crippen LogP contribution in [-0.2, 0) is 15.9 Å². The molecule has 1 aromatic rings. The van der Waals surface area contributed by atoms with E-state index in [1.165, 1.54) is 37.1 Å². The molecular weight excluding hydrogens is 285 g/mol. The fraction of sp³-hybridized carbons (Fsp3) is 0.579. The second-order valence-corrected chi connectivity index (χ2v) is 7.71. The van der Waals surface area contributed by atoms with Crippen molar-refractivity contribution in [1.29, 1.82) is 0 Å². The number of likely N-dealkylation sites (tertiary alicyclic amines) is 1. The highest BCUT2D eigenvalue weighted by molar-refractivity contribution is 6.52. The van der Waals surface area contributed by atoms with Crippen molar-refractivity contribution in [3.8, 4) is 0 Å². The SMILES string of the molecule is CC1(C)OB(/C=C/c2ccc(CN3CCCC3)cc2)OC1(C)C. The van der Waals surface area contributed by atoms with E-state index in [4.69, 9.17) is 9.31 Å². The van der Waals surface area contributed by atoms with Crippen LogP contribution in [-0.4, -0.2) is 36.3 Å². The largest absolute Gasteiger partial charge is 0.487 e. The third-order valence-corrected chi connectivity index (χ3v) is 5.30. The Morgan fingerprint density at radius 2 is 1.57 bits per heavy atom. The molecule has 3 rings (SSSR count). The molecule has 0 spiro atoms. The Bertz CT molecular complexity index is 543. The highest BCUT2D eigenvalue weighted by atomic mass is 16.7. The van der Waals surface area contributed by atoms with Gasteiger partial charge in [0.05, 0.1) is 11.2 Å². The molecule has 0 aliphatic carbocycles. The molecular formula is C19H28BNO2. The first-order valence-corrected chi connectivity index (χ1v) is 8.71. The van der Waals surface area contributed by atoms with Crippen LogP contribution in [0.1, 0.15) is 51.7 Å². The monoisotopic (exact) mass is 313 g/mol. The molecule has 0 amide bonds. The van der Waals surface area contributed by atoms with E-state index in [9.17, 15) is 0 Å². The fourth-order valence-corrected chi connectivity index (χ4v) is 3.09. The van der Waals surface area contributed by atoms with E-state index >= 15 is 0 Å². The normalized spacial score (nSPS) is 23.9. The van der Waals surface area contributed by atoms with Crippen LogP contribution < -0.4 is 0 Å². The lowest BCUT2D eigenvalue weighted by Gasteiger charge is -2.32. The van der Waals surface area contributed by atoms with E-state index in [0.29, 0.717) is 0 Å². The summed E-state index contributed by atoms with van der Waals surface area (Å²) in [5.74, 6) is 2.01. The number of nitrogens with zero attached hydrogens (tertiary/aromatic N) is 1. The van der Waals surface area contributed by atoms with Gasteiger partial charge in [-0.05, 0) is 64.8 Å². The van der Waals surface area contributed by atoms with Gasteiger partial charge in [-0.2, -0.15) is 0 Å².